The molecule has 0 N–H and O–H groups in total. The Balaban J connectivity index is 2.71. The van der Waals surface area contributed by atoms with Gasteiger partial charge in [-0.1, -0.05) is 0 Å². The molecule has 2 aromatic rings. The molecule has 0 aliphatic heterocycles. The SMILES string of the molecule is [C-]#[N+]c1cc(C(F)(F)F)sc1-n1c(C)cc(C=O)c1C. The van der Waals surface area contributed by atoms with Gasteiger partial charge in [-0.15, -0.1) is 11.3 Å². The fraction of sp³-hybridized carbons (Fsp3) is 0.231. The number of halogens is 3. The van der Waals surface area contributed by atoms with Gasteiger partial charge < -0.3 is 4.57 Å². The van der Waals surface area contributed by atoms with Crippen molar-refractivity contribution in [2.75, 3.05) is 0 Å². The fourth-order valence-electron chi connectivity index (χ4n) is 1.97. The number of carbonyl (C=O) groups excluding carboxylic acids is 1. The van der Waals surface area contributed by atoms with Crippen LogP contribution in [0.5, 0.6) is 0 Å². The van der Waals surface area contributed by atoms with E-state index in [0.717, 1.165) is 6.07 Å². The van der Waals surface area contributed by atoms with Crippen LogP contribution in [0.25, 0.3) is 9.85 Å². The molecule has 0 fully saturated rings. The van der Waals surface area contributed by atoms with Gasteiger partial charge in [-0.3, -0.25) is 4.79 Å². The first-order valence-electron chi connectivity index (χ1n) is 5.52. The van der Waals surface area contributed by atoms with Gasteiger partial charge in [0.2, 0.25) is 5.69 Å². The molecule has 0 aromatic carbocycles. The third-order valence-electron chi connectivity index (χ3n) is 2.89. The van der Waals surface area contributed by atoms with E-state index in [-0.39, 0.29) is 10.7 Å². The number of nitrogens with zero attached hydrogens (tertiary/aromatic N) is 2. The highest BCUT2D eigenvalue weighted by Crippen LogP contribution is 2.43. The molecule has 2 rings (SSSR count). The summed E-state index contributed by atoms with van der Waals surface area (Å²) < 4.78 is 39.8. The Morgan fingerprint density at radius 3 is 2.45 bits per heavy atom. The number of aryl methyl sites for hydroxylation is 1. The lowest BCUT2D eigenvalue weighted by Crippen LogP contribution is -2.01. The van der Waals surface area contributed by atoms with Crippen molar-refractivity contribution in [3.8, 4) is 5.00 Å². The van der Waals surface area contributed by atoms with Crippen molar-refractivity contribution in [2.24, 2.45) is 0 Å². The number of alkyl halides is 3. The van der Waals surface area contributed by atoms with Crippen molar-refractivity contribution in [1.82, 2.24) is 4.57 Å². The number of aromatic nitrogens is 1. The Morgan fingerprint density at radius 2 is 2.00 bits per heavy atom. The van der Waals surface area contributed by atoms with Crippen LogP contribution >= 0.6 is 11.3 Å². The van der Waals surface area contributed by atoms with E-state index in [4.69, 9.17) is 6.57 Å². The van der Waals surface area contributed by atoms with Crippen molar-refractivity contribution < 1.29 is 18.0 Å². The first-order valence-corrected chi connectivity index (χ1v) is 6.34. The number of hydrogen-bond donors (Lipinski definition) is 0. The molecule has 0 saturated carbocycles. The quantitative estimate of drug-likeness (QED) is 0.590. The molecule has 0 aliphatic rings. The average molecular weight is 298 g/mol. The summed E-state index contributed by atoms with van der Waals surface area (Å²) in [5.41, 5.74) is 1.48. The van der Waals surface area contributed by atoms with Crippen molar-refractivity contribution in [3.63, 3.8) is 0 Å². The van der Waals surface area contributed by atoms with Crippen molar-refractivity contribution in [3.05, 3.63) is 45.4 Å². The lowest BCUT2D eigenvalue weighted by molar-refractivity contribution is -0.134. The van der Waals surface area contributed by atoms with Crippen molar-refractivity contribution in [2.45, 2.75) is 20.0 Å². The maximum atomic E-state index is 12.7. The summed E-state index contributed by atoms with van der Waals surface area (Å²) in [4.78, 5) is 13.2. The molecule has 7 heteroatoms. The molecule has 3 nitrogen and oxygen atoms in total. The van der Waals surface area contributed by atoms with Crippen LogP contribution in [0.2, 0.25) is 0 Å². The first-order chi connectivity index (χ1) is 9.29. The van der Waals surface area contributed by atoms with Gasteiger partial charge >= 0.3 is 6.18 Å². The summed E-state index contributed by atoms with van der Waals surface area (Å²) in [6, 6.07) is 2.43. The maximum Gasteiger partial charge on any atom is 0.424 e. The third-order valence-corrected chi connectivity index (χ3v) is 4.05. The molecule has 0 unspecified atom stereocenters. The zero-order chi connectivity index (χ0) is 15.1. The van der Waals surface area contributed by atoms with Crippen LogP contribution in [-0.4, -0.2) is 10.9 Å². The Bertz CT molecular complexity index is 719. The zero-order valence-corrected chi connectivity index (χ0v) is 11.4. The van der Waals surface area contributed by atoms with Crippen LogP contribution in [0.1, 0.15) is 26.6 Å². The second-order valence-corrected chi connectivity index (χ2v) is 5.22. The molecule has 20 heavy (non-hydrogen) atoms. The average Bonchev–Trinajstić information content (AvgIpc) is 2.90. The number of hydrogen-bond acceptors (Lipinski definition) is 2. The summed E-state index contributed by atoms with van der Waals surface area (Å²) in [5, 5.41) is 0.190. The summed E-state index contributed by atoms with van der Waals surface area (Å²) in [5.74, 6) is 0. The Labute approximate surface area is 117 Å². The van der Waals surface area contributed by atoms with Gasteiger partial charge in [0.05, 0.1) is 11.4 Å². The fourth-order valence-corrected chi connectivity index (χ4v) is 3.05. The van der Waals surface area contributed by atoms with Gasteiger partial charge in [0.1, 0.15) is 5.00 Å². The van der Waals surface area contributed by atoms with Crippen LogP contribution in [0.3, 0.4) is 0 Å². The van der Waals surface area contributed by atoms with Gasteiger partial charge in [-0.25, -0.2) is 4.85 Å². The monoisotopic (exact) mass is 298 g/mol. The highest BCUT2D eigenvalue weighted by atomic mass is 32.1. The lowest BCUT2D eigenvalue weighted by Gasteiger charge is -2.07. The van der Waals surface area contributed by atoms with E-state index in [0.29, 0.717) is 34.6 Å². The van der Waals surface area contributed by atoms with E-state index in [1.807, 2.05) is 0 Å². The molecule has 0 spiro atoms. The molecule has 0 bridgehead atoms. The second kappa shape index (κ2) is 4.80. The van der Waals surface area contributed by atoms with Crippen LogP contribution in [0, 0.1) is 20.4 Å². The molecule has 0 radical (unpaired) electrons. The topological polar surface area (TPSA) is 26.4 Å². The minimum Gasteiger partial charge on any atom is -0.318 e. The minimum atomic E-state index is -4.48. The van der Waals surface area contributed by atoms with Gasteiger partial charge in [0.15, 0.2) is 6.29 Å². The zero-order valence-electron chi connectivity index (χ0n) is 10.6. The molecule has 2 aromatic heterocycles. The highest BCUT2D eigenvalue weighted by Gasteiger charge is 2.34. The summed E-state index contributed by atoms with van der Waals surface area (Å²) >= 11 is 0.505. The summed E-state index contributed by atoms with van der Waals surface area (Å²) in [6.45, 7) is 10.3. The molecule has 104 valence electrons. The normalized spacial score (nSPS) is 11.4. The smallest absolute Gasteiger partial charge is 0.318 e. The van der Waals surface area contributed by atoms with E-state index in [2.05, 4.69) is 4.85 Å². The molecule has 0 saturated heterocycles. The number of carbonyl (C=O) groups is 1. The number of rotatable bonds is 2. The van der Waals surface area contributed by atoms with Gasteiger partial charge in [0.25, 0.3) is 0 Å². The molecule has 0 atom stereocenters. The lowest BCUT2D eigenvalue weighted by atomic mass is 10.3. The van der Waals surface area contributed by atoms with Gasteiger partial charge in [-0.05, 0) is 26.0 Å². The van der Waals surface area contributed by atoms with E-state index in [1.165, 1.54) is 4.57 Å². The van der Waals surface area contributed by atoms with E-state index >= 15 is 0 Å². The maximum absolute atomic E-state index is 12.7. The molecule has 2 heterocycles. The predicted molar refractivity (Wildman–Crippen MR) is 69.8 cm³/mol. The minimum absolute atomic E-state index is 0.0680. The first kappa shape index (κ1) is 14.3. The Hall–Kier alpha value is -2.07. The van der Waals surface area contributed by atoms with E-state index < -0.39 is 11.1 Å². The number of aldehydes is 1. The van der Waals surface area contributed by atoms with E-state index in [1.54, 1.807) is 19.9 Å². The molecular weight excluding hydrogens is 289 g/mol. The van der Waals surface area contributed by atoms with Crippen molar-refractivity contribution in [1.29, 1.82) is 0 Å². The standard InChI is InChI=1S/C13H9F3N2OS/c1-7-4-9(6-19)8(2)18(7)12-10(17-3)5-11(20-12)13(14,15)16/h4-6H,1-2H3. The second-order valence-electron chi connectivity index (χ2n) is 4.19. The summed E-state index contributed by atoms with van der Waals surface area (Å²) in [6.07, 6.45) is -3.83. The highest BCUT2D eigenvalue weighted by molar-refractivity contribution is 7.15. The van der Waals surface area contributed by atoms with Gasteiger partial charge in [-0.2, -0.15) is 13.2 Å². The van der Waals surface area contributed by atoms with Gasteiger partial charge in [0, 0.05) is 17.0 Å². The molecular formula is C13H9F3N2OS. The molecule has 0 amide bonds. The van der Waals surface area contributed by atoms with Crippen LogP contribution < -0.4 is 0 Å². The molecule has 0 aliphatic carbocycles. The summed E-state index contributed by atoms with van der Waals surface area (Å²) in [7, 11) is 0. The predicted octanol–water partition coefficient (Wildman–Crippen LogP) is 4.54. The van der Waals surface area contributed by atoms with Crippen LogP contribution in [0.15, 0.2) is 12.1 Å². The number of thiophene rings is 1. The third kappa shape index (κ3) is 2.23. The Kier molecular flexibility index (Phi) is 3.44. The largest absolute Gasteiger partial charge is 0.424 e. The van der Waals surface area contributed by atoms with Crippen LogP contribution in [0.4, 0.5) is 18.9 Å². The van der Waals surface area contributed by atoms with E-state index in [9.17, 15) is 18.0 Å². The van der Waals surface area contributed by atoms with Crippen molar-refractivity contribution >= 4 is 23.3 Å². The van der Waals surface area contributed by atoms with Crippen LogP contribution in [-0.2, 0) is 6.18 Å². The Morgan fingerprint density at radius 1 is 1.35 bits per heavy atom.